The minimum Gasteiger partial charge on any atom is -0.481 e. The first-order valence-electron chi connectivity index (χ1n) is 6.32. The molecule has 2 aromatic heterocycles. The van der Waals surface area contributed by atoms with Crippen molar-refractivity contribution in [2.45, 2.75) is 19.3 Å². The second-order valence-corrected chi connectivity index (χ2v) is 5.07. The number of nitrogens with zero attached hydrogens (tertiary/aromatic N) is 4. The maximum absolute atomic E-state index is 11.1. The number of aryl methyl sites for hydroxylation is 1. The number of imidazole rings is 1. The third-order valence-electron chi connectivity index (χ3n) is 3.78. The molecule has 3 rings (SSSR count). The van der Waals surface area contributed by atoms with Crippen molar-refractivity contribution < 1.29 is 9.90 Å². The van der Waals surface area contributed by atoms with E-state index < -0.39 is 5.97 Å². The molecular weight excluding hydrogens is 244 g/mol. The Morgan fingerprint density at radius 2 is 2.26 bits per heavy atom. The summed E-state index contributed by atoms with van der Waals surface area (Å²) in [6, 6.07) is 0. The van der Waals surface area contributed by atoms with Gasteiger partial charge in [-0.25, -0.2) is 4.98 Å². The molecule has 0 fully saturated rings. The van der Waals surface area contributed by atoms with Crippen molar-refractivity contribution in [3.8, 4) is 11.4 Å². The molecule has 2 aromatic rings. The Hall–Kier alpha value is -2.11. The monoisotopic (exact) mass is 260 g/mol. The molecule has 0 bridgehead atoms. The number of carboxylic acids is 1. The molecule has 0 saturated carbocycles. The minimum absolute atomic E-state index is 0.302. The molecule has 19 heavy (non-hydrogen) atoms. The fraction of sp³-hybridized carbons (Fsp3) is 0.462. The second kappa shape index (κ2) is 4.22. The molecule has 0 amide bonds. The summed E-state index contributed by atoms with van der Waals surface area (Å²) in [5, 5.41) is 13.3. The van der Waals surface area contributed by atoms with Gasteiger partial charge < -0.3 is 9.67 Å². The molecule has 1 unspecified atom stereocenters. The Kier molecular flexibility index (Phi) is 2.66. The van der Waals surface area contributed by atoms with E-state index in [1.165, 1.54) is 0 Å². The zero-order chi connectivity index (χ0) is 13.6. The highest BCUT2D eigenvalue weighted by Crippen LogP contribution is 2.29. The summed E-state index contributed by atoms with van der Waals surface area (Å²) < 4.78 is 3.80. The van der Waals surface area contributed by atoms with Gasteiger partial charge in [0.1, 0.15) is 5.82 Å². The van der Waals surface area contributed by atoms with Gasteiger partial charge in [0, 0.05) is 32.4 Å². The van der Waals surface area contributed by atoms with Crippen LogP contribution in [-0.2, 0) is 31.7 Å². The Bertz CT molecular complexity index is 641. The smallest absolute Gasteiger partial charge is 0.306 e. The topological polar surface area (TPSA) is 72.9 Å². The predicted molar refractivity (Wildman–Crippen MR) is 68.6 cm³/mol. The first kappa shape index (κ1) is 12.0. The Balaban J connectivity index is 2.00. The number of hydrogen-bond donors (Lipinski definition) is 1. The van der Waals surface area contributed by atoms with E-state index in [0.717, 1.165) is 29.2 Å². The average molecular weight is 260 g/mol. The van der Waals surface area contributed by atoms with E-state index in [9.17, 15) is 4.79 Å². The third-order valence-corrected chi connectivity index (χ3v) is 3.78. The van der Waals surface area contributed by atoms with E-state index in [1.807, 2.05) is 20.3 Å². The van der Waals surface area contributed by atoms with Gasteiger partial charge in [-0.3, -0.25) is 9.48 Å². The summed E-state index contributed by atoms with van der Waals surface area (Å²) in [5.74, 6) is -0.160. The zero-order valence-corrected chi connectivity index (χ0v) is 11.0. The molecule has 1 N–H and O–H groups in total. The Morgan fingerprint density at radius 1 is 1.47 bits per heavy atom. The maximum Gasteiger partial charge on any atom is 0.306 e. The molecule has 6 nitrogen and oxygen atoms in total. The van der Waals surface area contributed by atoms with Crippen LogP contribution in [0.4, 0.5) is 0 Å². The van der Waals surface area contributed by atoms with Crippen LogP contribution in [0.2, 0.25) is 0 Å². The van der Waals surface area contributed by atoms with Gasteiger partial charge in [0.2, 0.25) is 0 Å². The first-order valence-corrected chi connectivity index (χ1v) is 6.32. The SMILES string of the molecule is Cn1cc(-c2nc3c(n2C)CCC(C(=O)O)C3)cn1. The summed E-state index contributed by atoms with van der Waals surface area (Å²) in [6.07, 6.45) is 5.69. The molecule has 1 atom stereocenters. The summed E-state index contributed by atoms with van der Waals surface area (Å²) in [6.45, 7) is 0. The highest BCUT2D eigenvalue weighted by molar-refractivity contribution is 5.71. The summed E-state index contributed by atoms with van der Waals surface area (Å²) in [4.78, 5) is 15.7. The van der Waals surface area contributed by atoms with Crippen LogP contribution >= 0.6 is 0 Å². The lowest BCUT2D eigenvalue weighted by Gasteiger charge is -2.18. The summed E-state index contributed by atoms with van der Waals surface area (Å²) in [5.41, 5.74) is 3.03. The van der Waals surface area contributed by atoms with Crippen molar-refractivity contribution in [1.82, 2.24) is 19.3 Å². The quantitative estimate of drug-likeness (QED) is 0.874. The number of carboxylic acid groups (broad SMARTS) is 1. The number of fused-ring (bicyclic) bond motifs is 1. The number of aliphatic carboxylic acids is 1. The highest BCUT2D eigenvalue weighted by atomic mass is 16.4. The van der Waals surface area contributed by atoms with E-state index in [0.29, 0.717) is 12.8 Å². The Morgan fingerprint density at radius 3 is 2.89 bits per heavy atom. The van der Waals surface area contributed by atoms with Gasteiger partial charge in [-0.2, -0.15) is 5.10 Å². The standard InChI is InChI=1S/C13H16N4O2/c1-16-7-9(6-14-16)12-15-10-5-8(13(18)19)3-4-11(10)17(12)2/h6-8H,3-5H2,1-2H3,(H,18,19). The van der Waals surface area contributed by atoms with Gasteiger partial charge >= 0.3 is 5.97 Å². The summed E-state index contributed by atoms with van der Waals surface area (Å²) in [7, 11) is 3.85. The van der Waals surface area contributed by atoms with E-state index >= 15 is 0 Å². The molecule has 2 heterocycles. The van der Waals surface area contributed by atoms with Crippen molar-refractivity contribution in [1.29, 1.82) is 0 Å². The van der Waals surface area contributed by atoms with Crippen molar-refractivity contribution in [3.05, 3.63) is 23.8 Å². The van der Waals surface area contributed by atoms with Gasteiger partial charge in [-0.05, 0) is 12.8 Å². The van der Waals surface area contributed by atoms with Crippen LogP contribution in [-0.4, -0.2) is 30.4 Å². The molecular formula is C13H16N4O2. The molecule has 1 aliphatic rings. The normalized spacial score (nSPS) is 18.3. The molecule has 6 heteroatoms. The fourth-order valence-corrected chi connectivity index (χ4v) is 2.72. The first-order chi connectivity index (χ1) is 9.06. The second-order valence-electron chi connectivity index (χ2n) is 5.07. The van der Waals surface area contributed by atoms with Gasteiger partial charge in [-0.1, -0.05) is 0 Å². The lowest BCUT2D eigenvalue weighted by atomic mass is 9.90. The average Bonchev–Trinajstić information content (AvgIpc) is 2.93. The van der Waals surface area contributed by atoms with Crippen molar-refractivity contribution in [2.24, 2.45) is 20.0 Å². The minimum atomic E-state index is -0.723. The van der Waals surface area contributed by atoms with Crippen LogP contribution in [0, 0.1) is 5.92 Å². The number of hydrogen-bond acceptors (Lipinski definition) is 3. The lowest BCUT2D eigenvalue weighted by molar-refractivity contribution is -0.142. The van der Waals surface area contributed by atoms with Crippen LogP contribution in [0.5, 0.6) is 0 Å². The Labute approximate surface area is 110 Å². The largest absolute Gasteiger partial charge is 0.481 e. The molecule has 0 radical (unpaired) electrons. The molecule has 0 spiro atoms. The molecule has 1 aliphatic carbocycles. The van der Waals surface area contributed by atoms with Gasteiger partial charge in [0.25, 0.3) is 0 Å². The van der Waals surface area contributed by atoms with E-state index in [2.05, 4.69) is 14.6 Å². The fourth-order valence-electron chi connectivity index (χ4n) is 2.72. The molecule has 0 aromatic carbocycles. The van der Waals surface area contributed by atoms with Crippen LogP contribution < -0.4 is 0 Å². The number of carbonyl (C=O) groups is 1. The lowest BCUT2D eigenvalue weighted by Crippen LogP contribution is -2.22. The predicted octanol–water partition coefficient (Wildman–Crippen LogP) is 1.01. The van der Waals surface area contributed by atoms with E-state index in [-0.39, 0.29) is 5.92 Å². The van der Waals surface area contributed by atoms with Gasteiger partial charge in [-0.15, -0.1) is 0 Å². The highest BCUT2D eigenvalue weighted by Gasteiger charge is 2.28. The van der Waals surface area contributed by atoms with Crippen molar-refractivity contribution in [2.75, 3.05) is 0 Å². The van der Waals surface area contributed by atoms with Crippen molar-refractivity contribution >= 4 is 5.97 Å². The number of aromatic nitrogens is 4. The summed E-state index contributed by atoms with van der Waals surface area (Å²) >= 11 is 0. The maximum atomic E-state index is 11.1. The van der Waals surface area contributed by atoms with Gasteiger partial charge in [0.05, 0.1) is 23.4 Å². The molecule has 0 aliphatic heterocycles. The van der Waals surface area contributed by atoms with Gasteiger partial charge in [0.15, 0.2) is 0 Å². The van der Waals surface area contributed by atoms with E-state index in [4.69, 9.17) is 5.11 Å². The molecule has 100 valence electrons. The van der Waals surface area contributed by atoms with Crippen LogP contribution in [0.15, 0.2) is 12.4 Å². The van der Waals surface area contributed by atoms with Crippen LogP contribution in [0.3, 0.4) is 0 Å². The van der Waals surface area contributed by atoms with Crippen LogP contribution in [0.1, 0.15) is 17.8 Å². The zero-order valence-electron chi connectivity index (χ0n) is 11.0. The van der Waals surface area contributed by atoms with E-state index in [1.54, 1.807) is 10.9 Å². The third kappa shape index (κ3) is 1.93. The van der Waals surface area contributed by atoms with Crippen LogP contribution in [0.25, 0.3) is 11.4 Å². The number of rotatable bonds is 2. The molecule has 0 saturated heterocycles. The van der Waals surface area contributed by atoms with Crippen molar-refractivity contribution in [3.63, 3.8) is 0 Å².